The molecular weight excluding hydrogens is 298 g/mol. The summed E-state index contributed by atoms with van der Waals surface area (Å²) in [6, 6.07) is 6.20. The molecule has 1 aliphatic carbocycles. The number of para-hydroxylation sites is 1. The van der Waals surface area contributed by atoms with Gasteiger partial charge in [0.15, 0.2) is 0 Å². The normalized spacial score (nSPS) is 22.2. The molecule has 3 rings (SSSR count). The number of hydrogen-bond donors (Lipinski definition) is 3. The number of benzene rings is 1. The van der Waals surface area contributed by atoms with Crippen molar-refractivity contribution < 1.29 is 4.79 Å². The lowest BCUT2D eigenvalue weighted by Gasteiger charge is -2.27. The third-order valence-corrected chi connectivity index (χ3v) is 5.57. The molecule has 0 bridgehead atoms. The summed E-state index contributed by atoms with van der Waals surface area (Å²) in [5, 5.41) is 19.8. The number of amides is 1. The third-order valence-electron chi connectivity index (χ3n) is 5.57. The van der Waals surface area contributed by atoms with Gasteiger partial charge in [-0.15, -0.1) is 0 Å². The molecule has 4 nitrogen and oxygen atoms in total. The summed E-state index contributed by atoms with van der Waals surface area (Å²) in [5.41, 5.74) is 3.77. The maximum atomic E-state index is 12.6. The minimum atomic E-state index is -0.343. The second-order valence-electron chi connectivity index (χ2n) is 7.49. The minimum absolute atomic E-state index is 0.0593. The van der Waals surface area contributed by atoms with Crippen molar-refractivity contribution in [3.63, 3.8) is 0 Å². The molecule has 1 saturated carbocycles. The molecule has 0 saturated heterocycles. The highest BCUT2D eigenvalue weighted by atomic mass is 16.1. The number of anilines is 1. The van der Waals surface area contributed by atoms with Gasteiger partial charge in [0.25, 0.3) is 5.91 Å². The predicted molar refractivity (Wildman–Crippen MR) is 98.3 cm³/mol. The van der Waals surface area contributed by atoms with Crippen LogP contribution in [-0.4, -0.2) is 17.3 Å². The molecule has 2 aliphatic rings. The van der Waals surface area contributed by atoms with Crippen molar-refractivity contribution in [1.82, 2.24) is 0 Å². The van der Waals surface area contributed by atoms with Crippen molar-refractivity contribution in [2.24, 2.45) is 11.3 Å². The molecule has 1 aromatic carbocycles. The molecule has 1 amide bonds. The van der Waals surface area contributed by atoms with Gasteiger partial charge in [0.1, 0.15) is 5.71 Å². The van der Waals surface area contributed by atoms with Crippen molar-refractivity contribution >= 4 is 23.0 Å². The van der Waals surface area contributed by atoms with Crippen LogP contribution in [0.1, 0.15) is 57.1 Å². The topological polar surface area (TPSA) is 76.8 Å². The lowest BCUT2D eigenvalue weighted by molar-refractivity contribution is -0.110. The molecule has 1 aliphatic heterocycles. The van der Waals surface area contributed by atoms with Gasteiger partial charge in [0, 0.05) is 22.7 Å². The molecule has 24 heavy (non-hydrogen) atoms. The van der Waals surface area contributed by atoms with E-state index in [0.717, 1.165) is 55.3 Å². The number of unbranched alkanes of at least 4 members (excludes halogenated alkanes) is 1. The third kappa shape index (κ3) is 3.14. The number of hydrogen-bond acceptors (Lipinski definition) is 3. The van der Waals surface area contributed by atoms with E-state index in [0.29, 0.717) is 12.1 Å². The fourth-order valence-corrected chi connectivity index (χ4v) is 3.55. The van der Waals surface area contributed by atoms with E-state index in [1.165, 1.54) is 0 Å². The number of nitrogens with one attached hydrogen (secondary N) is 3. The van der Waals surface area contributed by atoms with Crippen LogP contribution in [0.5, 0.6) is 0 Å². The standard InChI is InChI=1S/C20H27N3O/c1-3-4-6-13-7-5-8-14-9-10-15(18(22)20(2)11-12-20)16(21)19(24)23-17(13)14/h5,7-8,15,21-22H,3-4,6,9-12H2,1-2H3,(H,23,24). The number of aryl methyl sites for hydroxylation is 2. The zero-order chi connectivity index (χ0) is 17.3. The Bertz CT molecular complexity index is 688. The van der Waals surface area contributed by atoms with Crippen molar-refractivity contribution in [2.45, 2.75) is 58.8 Å². The van der Waals surface area contributed by atoms with Crippen LogP contribution in [0.15, 0.2) is 18.2 Å². The van der Waals surface area contributed by atoms with Crippen LogP contribution < -0.4 is 5.32 Å². The van der Waals surface area contributed by atoms with Gasteiger partial charge in [-0.25, -0.2) is 0 Å². The highest BCUT2D eigenvalue weighted by Crippen LogP contribution is 2.48. The molecule has 3 N–H and O–H groups in total. The molecule has 0 spiro atoms. The smallest absolute Gasteiger partial charge is 0.270 e. The second-order valence-corrected chi connectivity index (χ2v) is 7.49. The molecule has 4 heteroatoms. The summed E-state index contributed by atoms with van der Waals surface area (Å²) in [4.78, 5) is 12.6. The number of carbonyl (C=O) groups is 1. The van der Waals surface area contributed by atoms with Crippen LogP contribution >= 0.6 is 0 Å². The van der Waals surface area contributed by atoms with Crippen LogP contribution in [0, 0.1) is 22.2 Å². The summed E-state index contributed by atoms with van der Waals surface area (Å²) in [7, 11) is 0. The van der Waals surface area contributed by atoms with E-state index >= 15 is 0 Å². The van der Waals surface area contributed by atoms with Crippen LogP contribution in [0.2, 0.25) is 0 Å². The Labute approximate surface area is 144 Å². The van der Waals surface area contributed by atoms with Gasteiger partial charge in [-0.2, -0.15) is 0 Å². The molecule has 0 radical (unpaired) electrons. The number of fused-ring (bicyclic) bond motifs is 1. The summed E-state index contributed by atoms with van der Waals surface area (Å²) in [6.45, 7) is 4.24. The number of carbonyl (C=O) groups excluding carboxylic acids is 1. The molecule has 1 fully saturated rings. The predicted octanol–water partition coefficient (Wildman–Crippen LogP) is 4.37. The Morgan fingerprint density at radius 1 is 1.38 bits per heavy atom. The van der Waals surface area contributed by atoms with Crippen molar-refractivity contribution in [2.75, 3.05) is 5.32 Å². The Morgan fingerprint density at radius 2 is 2.12 bits per heavy atom. The molecular formula is C20H27N3O. The van der Waals surface area contributed by atoms with E-state index in [1.54, 1.807) is 0 Å². The monoisotopic (exact) mass is 325 g/mol. The van der Waals surface area contributed by atoms with Gasteiger partial charge >= 0.3 is 0 Å². The minimum Gasteiger partial charge on any atom is -0.320 e. The van der Waals surface area contributed by atoms with Crippen molar-refractivity contribution in [3.05, 3.63) is 29.3 Å². The molecule has 1 aromatic rings. The van der Waals surface area contributed by atoms with E-state index in [9.17, 15) is 4.79 Å². The SMILES string of the molecule is CCCCc1cccc2c1NC(=O)C(=N)C(C(=N)C1(C)CC1)CC2. The maximum absolute atomic E-state index is 12.6. The highest BCUT2D eigenvalue weighted by Gasteiger charge is 2.46. The second kappa shape index (κ2) is 6.50. The van der Waals surface area contributed by atoms with Gasteiger partial charge in [-0.1, -0.05) is 38.5 Å². The van der Waals surface area contributed by atoms with E-state index in [1.807, 2.05) is 0 Å². The average molecular weight is 325 g/mol. The summed E-state index contributed by atoms with van der Waals surface area (Å²) in [5.74, 6) is -0.677. The van der Waals surface area contributed by atoms with Crippen molar-refractivity contribution in [3.8, 4) is 0 Å². The van der Waals surface area contributed by atoms with Gasteiger partial charge in [-0.3, -0.25) is 10.2 Å². The van der Waals surface area contributed by atoms with E-state index < -0.39 is 0 Å². The lowest BCUT2D eigenvalue weighted by Crippen LogP contribution is -2.38. The van der Waals surface area contributed by atoms with Crippen LogP contribution in [-0.2, 0) is 17.6 Å². The Balaban J connectivity index is 1.88. The van der Waals surface area contributed by atoms with Crippen LogP contribution in [0.3, 0.4) is 0 Å². The van der Waals surface area contributed by atoms with Gasteiger partial charge in [0.2, 0.25) is 0 Å². The summed E-state index contributed by atoms with van der Waals surface area (Å²) >= 11 is 0. The van der Waals surface area contributed by atoms with E-state index in [2.05, 4.69) is 37.4 Å². The summed E-state index contributed by atoms with van der Waals surface area (Å²) in [6.07, 6.45) is 6.67. The Morgan fingerprint density at radius 3 is 2.79 bits per heavy atom. The van der Waals surface area contributed by atoms with E-state index in [-0.39, 0.29) is 23.0 Å². The van der Waals surface area contributed by atoms with Gasteiger partial charge < -0.3 is 10.7 Å². The highest BCUT2D eigenvalue weighted by molar-refractivity contribution is 6.46. The summed E-state index contributed by atoms with van der Waals surface area (Å²) < 4.78 is 0. The van der Waals surface area contributed by atoms with Crippen LogP contribution in [0.25, 0.3) is 0 Å². The maximum Gasteiger partial charge on any atom is 0.270 e. The molecule has 0 aromatic heterocycles. The fraction of sp³-hybridized carbons (Fsp3) is 0.550. The number of rotatable bonds is 5. The zero-order valence-corrected chi connectivity index (χ0v) is 14.7. The molecule has 1 atom stereocenters. The Hall–Kier alpha value is -1.97. The van der Waals surface area contributed by atoms with Gasteiger partial charge in [0.05, 0.1) is 0 Å². The van der Waals surface area contributed by atoms with E-state index in [4.69, 9.17) is 10.8 Å². The molecule has 128 valence electrons. The quantitative estimate of drug-likeness (QED) is 0.691. The lowest BCUT2D eigenvalue weighted by atomic mass is 9.81. The average Bonchev–Trinajstić information content (AvgIpc) is 3.32. The van der Waals surface area contributed by atoms with Crippen LogP contribution in [0.4, 0.5) is 5.69 Å². The zero-order valence-electron chi connectivity index (χ0n) is 14.7. The van der Waals surface area contributed by atoms with Crippen molar-refractivity contribution in [1.29, 1.82) is 10.8 Å². The fourth-order valence-electron chi connectivity index (χ4n) is 3.55. The largest absolute Gasteiger partial charge is 0.320 e. The molecule has 1 heterocycles. The first-order valence-corrected chi connectivity index (χ1v) is 9.06. The van der Waals surface area contributed by atoms with Gasteiger partial charge in [-0.05, 0) is 49.7 Å². The Kier molecular flexibility index (Phi) is 4.57. The molecule has 1 unspecified atom stereocenters. The first-order chi connectivity index (χ1) is 11.5. The first kappa shape index (κ1) is 16.9. The first-order valence-electron chi connectivity index (χ1n) is 9.06.